The predicted octanol–water partition coefficient (Wildman–Crippen LogP) is 5.06. The molecular formula is C31H38FN3O5S. The number of hydrogen-bond acceptors (Lipinski definition) is 5. The molecule has 1 atom stereocenters. The van der Waals surface area contributed by atoms with Crippen molar-refractivity contribution in [2.45, 2.75) is 64.1 Å². The molecule has 0 saturated carbocycles. The molecule has 0 spiro atoms. The molecule has 1 N–H and O–H groups in total. The summed E-state index contributed by atoms with van der Waals surface area (Å²) in [6.45, 7) is 8.55. The largest absolute Gasteiger partial charge is 0.497 e. The normalized spacial score (nSPS) is 12.4. The van der Waals surface area contributed by atoms with Crippen LogP contribution in [0.5, 0.6) is 5.75 Å². The molecule has 1 unspecified atom stereocenters. The van der Waals surface area contributed by atoms with Crippen molar-refractivity contribution in [3.8, 4) is 5.75 Å². The molecule has 3 aromatic rings. The van der Waals surface area contributed by atoms with Gasteiger partial charge < -0.3 is 15.0 Å². The first kappa shape index (κ1) is 31.6. The van der Waals surface area contributed by atoms with Crippen molar-refractivity contribution < 1.29 is 27.1 Å². The number of rotatable bonds is 11. The van der Waals surface area contributed by atoms with E-state index >= 15 is 0 Å². The van der Waals surface area contributed by atoms with E-state index < -0.39 is 39.9 Å². The van der Waals surface area contributed by atoms with Crippen molar-refractivity contribution in [2.24, 2.45) is 0 Å². The van der Waals surface area contributed by atoms with Gasteiger partial charge in [-0.15, -0.1) is 0 Å². The van der Waals surface area contributed by atoms with E-state index in [4.69, 9.17) is 4.74 Å². The van der Waals surface area contributed by atoms with Crippen LogP contribution in [0.1, 0.15) is 45.2 Å². The fourth-order valence-corrected chi connectivity index (χ4v) is 5.69. The second kappa shape index (κ2) is 13.2. The van der Waals surface area contributed by atoms with E-state index in [1.54, 1.807) is 43.3 Å². The Hall–Kier alpha value is -3.92. The first-order valence-electron chi connectivity index (χ1n) is 13.3. The summed E-state index contributed by atoms with van der Waals surface area (Å²) in [6, 6.07) is 17.4. The maximum absolute atomic E-state index is 14.1. The summed E-state index contributed by atoms with van der Waals surface area (Å²) in [7, 11) is -2.68. The van der Waals surface area contributed by atoms with E-state index in [9.17, 15) is 22.4 Å². The molecule has 0 heterocycles. The Morgan fingerprint density at radius 1 is 0.951 bits per heavy atom. The van der Waals surface area contributed by atoms with Crippen LogP contribution in [-0.2, 0) is 26.2 Å². The maximum atomic E-state index is 14.1. The molecule has 10 heteroatoms. The molecule has 0 aliphatic heterocycles. The summed E-state index contributed by atoms with van der Waals surface area (Å²) in [5.41, 5.74) is 1.18. The van der Waals surface area contributed by atoms with Gasteiger partial charge in [-0.05, 0) is 88.2 Å². The molecular weight excluding hydrogens is 545 g/mol. The molecule has 41 heavy (non-hydrogen) atoms. The lowest BCUT2D eigenvalue weighted by atomic mass is 10.1. The molecule has 0 bridgehead atoms. The van der Waals surface area contributed by atoms with Crippen molar-refractivity contribution in [2.75, 3.05) is 18.0 Å². The summed E-state index contributed by atoms with van der Waals surface area (Å²) in [6.07, 6.45) is 0.280. The van der Waals surface area contributed by atoms with E-state index in [0.29, 0.717) is 11.3 Å². The fourth-order valence-electron chi connectivity index (χ4n) is 4.27. The van der Waals surface area contributed by atoms with Gasteiger partial charge in [0.15, 0.2) is 0 Å². The second-order valence-electron chi connectivity index (χ2n) is 10.8. The zero-order valence-electron chi connectivity index (χ0n) is 24.3. The van der Waals surface area contributed by atoms with Gasteiger partial charge in [0.1, 0.15) is 24.2 Å². The Morgan fingerprint density at radius 3 is 2.05 bits per heavy atom. The number of benzene rings is 3. The first-order chi connectivity index (χ1) is 19.2. The van der Waals surface area contributed by atoms with E-state index in [2.05, 4.69) is 5.32 Å². The van der Waals surface area contributed by atoms with Crippen LogP contribution in [0.4, 0.5) is 10.1 Å². The average Bonchev–Trinajstić information content (AvgIpc) is 2.92. The van der Waals surface area contributed by atoms with E-state index in [0.717, 1.165) is 9.87 Å². The fraction of sp³-hybridized carbons (Fsp3) is 0.355. The van der Waals surface area contributed by atoms with E-state index in [1.165, 1.54) is 48.4 Å². The standard InChI is InChI=1S/C31H38FN3O5S/c1-7-28(30(37)33-31(3,4)5)34(20-23-10-12-24(32)13-11-23)29(36)21-35(25-14-16-26(40-6)17-15-25)41(38,39)27-18-8-22(2)9-19-27/h8-19,28H,7,20-21H2,1-6H3,(H,33,37). The number of nitrogens with one attached hydrogen (secondary N) is 1. The zero-order valence-corrected chi connectivity index (χ0v) is 25.2. The van der Waals surface area contributed by atoms with Crippen LogP contribution in [0.3, 0.4) is 0 Å². The lowest BCUT2D eigenvalue weighted by Crippen LogP contribution is -2.55. The number of halogens is 1. The monoisotopic (exact) mass is 583 g/mol. The molecule has 0 aromatic heterocycles. The number of carbonyl (C=O) groups is 2. The lowest BCUT2D eigenvalue weighted by molar-refractivity contribution is -0.141. The van der Waals surface area contributed by atoms with Crippen molar-refractivity contribution in [1.29, 1.82) is 0 Å². The number of carbonyl (C=O) groups excluding carboxylic acids is 2. The molecule has 8 nitrogen and oxygen atoms in total. The van der Waals surface area contributed by atoms with Gasteiger partial charge >= 0.3 is 0 Å². The summed E-state index contributed by atoms with van der Waals surface area (Å²) >= 11 is 0. The number of anilines is 1. The Balaban J connectivity index is 2.07. The number of amides is 2. The van der Waals surface area contributed by atoms with Crippen molar-refractivity contribution in [1.82, 2.24) is 10.2 Å². The highest BCUT2D eigenvalue weighted by Gasteiger charge is 2.34. The van der Waals surface area contributed by atoms with Crippen LogP contribution in [0, 0.1) is 12.7 Å². The van der Waals surface area contributed by atoms with E-state index in [1.807, 2.05) is 27.7 Å². The van der Waals surface area contributed by atoms with Crippen molar-refractivity contribution >= 4 is 27.5 Å². The minimum atomic E-state index is -4.18. The van der Waals surface area contributed by atoms with Gasteiger partial charge in [-0.3, -0.25) is 13.9 Å². The molecule has 0 saturated heterocycles. The van der Waals surface area contributed by atoms with Crippen LogP contribution < -0.4 is 14.4 Å². The quantitative estimate of drug-likeness (QED) is 0.341. The minimum absolute atomic E-state index is 0.0176. The van der Waals surface area contributed by atoms with Crippen LogP contribution in [0.15, 0.2) is 77.7 Å². The highest BCUT2D eigenvalue weighted by atomic mass is 32.2. The molecule has 0 aliphatic carbocycles. The van der Waals surface area contributed by atoms with Crippen LogP contribution >= 0.6 is 0 Å². The van der Waals surface area contributed by atoms with Gasteiger partial charge in [0.2, 0.25) is 11.8 Å². The van der Waals surface area contributed by atoms with Crippen LogP contribution in [0.2, 0.25) is 0 Å². The Morgan fingerprint density at radius 2 is 1.54 bits per heavy atom. The third kappa shape index (κ3) is 8.29. The topological polar surface area (TPSA) is 96.0 Å². The Kier molecular flexibility index (Phi) is 10.1. The average molecular weight is 584 g/mol. The Bertz CT molecular complexity index is 1440. The van der Waals surface area contributed by atoms with Gasteiger partial charge in [-0.25, -0.2) is 12.8 Å². The molecule has 0 aliphatic rings. The SMILES string of the molecule is CCC(C(=O)NC(C)(C)C)N(Cc1ccc(F)cc1)C(=O)CN(c1ccc(OC)cc1)S(=O)(=O)c1ccc(C)cc1. The van der Waals surface area contributed by atoms with Crippen LogP contribution in [-0.4, -0.2) is 50.4 Å². The maximum Gasteiger partial charge on any atom is 0.264 e. The number of aryl methyl sites for hydroxylation is 1. The highest BCUT2D eigenvalue weighted by Crippen LogP contribution is 2.27. The smallest absolute Gasteiger partial charge is 0.264 e. The number of hydrogen-bond donors (Lipinski definition) is 1. The molecule has 2 amide bonds. The summed E-state index contributed by atoms with van der Waals surface area (Å²) in [5, 5.41) is 2.92. The molecule has 0 fully saturated rings. The molecule has 0 radical (unpaired) electrons. The second-order valence-corrected chi connectivity index (χ2v) is 12.7. The van der Waals surface area contributed by atoms with Gasteiger partial charge in [0.05, 0.1) is 17.7 Å². The predicted molar refractivity (Wildman–Crippen MR) is 158 cm³/mol. The van der Waals surface area contributed by atoms with Gasteiger partial charge in [0, 0.05) is 12.1 Å². The first-order valence-corrected chi connectivity index (χ1v) is 14.8. The van der Waals surface area contributed by atoms with Gasteiger partial charge in [0.25, 0.3) is 10.0 Å². The third-order valence-corrected chi connectivity index (χ3v) is 8.19. The molecule has 220 valence electrons. The number of nitrogens with zero attached hydrogens (tertiary/aromatic N) is 2. The summed E-state index contributed by atoms with van der Waals surface area (Å²) in [5.74, 6) is -0.862. The van der Waals surface area contributed by atoms with Gasteiger partial charge in [-0.2, -0.15) is 0 Å². The Labute approximate surface area is 242 Å². The summed E-state index contributed by atoms with van der Waals surface area (Å²) < 4.78 is 47.7. The number of sulfonamides is 1. The third-order valence-electron chi connectivity index (χ3n) is 6.40. The number of methoxy groups -OCH3 is 1. The summed E-state index contributed by atoms with van der Waals surface area (Å²) in [4.78, 5) is 28.8. The molecule has 3 aromatic carbocycles. The lowest BCUT2D eigenvalue weighted by Gasteiger charge is -2.34. The van der Waals surface area contributed by atoms with Crippen molar-refractivity contribution in [3.63, 3.8) is 0 Å². The van der Waals surface area contributed by atoms with E-state index in [-0.39, 0.29) is 29.5 Å². The zero-order chi connectivity index (χ0) is 30.4. The number of ether oxygens (including phenoxy) is 1. The van der Waals surface area contributed by atoms with Crippen molar-refractivity contribution in [3.05, 3.63) is 89.7 Å². The minimum Gasteiger partial charge on any atom is -0.497 e. The van der Waals surface area contributed by atoms with Gasteiger partial charge in [-0.1, -0.05) is 36.8 Å². The highest BCUT2D eigenvalue weighted by molar-refractivity contribution is 7.92. The molecule has 3 rings (SSSR count). The van der Waals surface area contributed by atoms with Crippen LogP contribution in [0.25, 0.3) is 0 Å².